The molecule has 0 radical (unpaired) electrons. The minimum atomic E-state index is -0.954. The molecule has 0 bridgehead atoms. The fraction of sp³-hybridized carbons (Fsp3) is 0.286. The molecule has 5 N–H and O–H groups in total. The van der Waals surface area contributed by atoms with Crippen molar-refractivity contribution < 1.29 is 13.6 Å². The Bertz CT molecular complexity index is 1740. The fourth-order valence-corrected chi connectivity index (χ4v) is 5.91. The van der Waals surface area contributed by atoms with Crippen LogP contribution in [0.25, 0.3) is 10.4 Å². The lowest BCUT2D eigenvalue weighted by molar-refractivity contribution is 0.0951. The fourth-order valence-electron chi connectivity index (χ4n) is 4.97. The van der Waals surface area contributed by atoms with E-state index in [1.807, 2.05) is 12.1 Å². The maximum atomic E-state index is 13.7. The van der Waals surface area contributed by atoms with Gasteiger partial charge in [-0.1, -0.05) is 24.3 Å². The molecule has 2 aromatic heterocycles. The second kappa shape index (κ2) is 14.1. The van der Waals surface area contributed by atoms with E-state index in [1.54, 1.807) is 23.7 Å². The third kappa shape index (κ3) is 8.61. The summed E-state index contributed by atoms with van der Waals surface area (Å²) in [6, 6.07) is 15.9. The summed E-state index contributed by atoms with van der Waals surface area (Å²) in [4.78, 5) is 24.5. The molecule has 45 heavy (non-hydrogen) atoms. The van der Waals surface area contributed by atoms with Crippen molar-refractivity contribution >= 4 is 28.9 Å². The number of carbonyl (C=O) groups excluding carboxylic acids is 1. The second-order valence-electron chi connectivity index (χ2n) is 12.0. The van der Waals surface area contributed by atoms with Crippen LogP contribution in [0.2, 0.25) is 0 Å². The number of benzene rings is 2. The van der Waals surface area contributed by atoms with Gasteiger partial charge < -0.3 is 21.7 Å². The van der Waals surface area contributed by atoms with E-state index in [9.17, 15) is 13.6 Å². The number of allylic oxidation sites excluding steroid dienone is 1. The molecule has 0 aliphatic carbocycles. The smallest absolute Gasteiger partial charge is 0.255 e. The summed E-state index contributed by atoms with van der Waals surface area (Å²) in [5.74, 6) is -1.28. The predicted octanol–water partition coefficient (Wildman–Crippen LogP) is 6.73. The van der Waals surface area contributed by atoms with Crippen molar-refractivity contribution in [3.63, 3.8) is 0 Å². The Hall–Kier alpha value is -4.41. The number of aliphatic imine (C=N–C) groups is 1. The van der Waals surface area contributed by atoms with E-state index >= 15 is 0 Å². The first-order valence-electron chi connectivity index (χ1n) is 15.0. The molecule has 1 amide bonds. The van der Waals surface area contributed by atoms with Gasteiger partial charge in [0.2, 0.25) is 0 Å². The zero-order valence-electron chi connectivity index (χ0n) is 25.7. The normalized spacial score (nSPS) is 13.8. The van der Waals surface area contributed by atoms with Crippen molar-refractivity contribution in [2.75, 3.05) is 11.9 Å². The van der Waals surface area contributed by atoms with Gasteiger partial charge in [0.25, 0.3) is 5.91 Å². The van der Waals surface area contributed by atoms with Crippen LogP contribution in [-0.2, 0) is 25.9 Å². The molecule has 0 saturated carbocycles. The van der Waals surface area contributed by atoms with Gasteiger partial charge in [0.15, 0.2) is 11.6 Å². The molecule has 2 aromatic carbocycles. The number of anilines is 1. The molecule has 3 heterocycles. The number of hydrogen-bond acceptors (Lipinski definition) is 7. The van der Waals surface area contributed by atoms with Crippen LogP contribution in [-0.4, -0.2) is 28.8 Å². The summed E-state index contributed by atoms with van der Waals surface area (Å²) in [7, 11) is 0. The van der Waals surface area contributed by atoms with Gasteiger partial charge in [-0.3, -0.25) is 4.79 Å². The van der Waals surface area contributed by atoms with Crippen LogP contribution in [0.1, 0.15) is 64.7 Å². The number of carbonyl (C=O) groups is 1. The number of amides is 1. The van der Waals surface area contributed by atoms with Gasteiger partial charge in [0, 0.05) is 39.8 Å². The number of aromatic nitrogens is 1. The van der Waals surface area contributed by atoms with Gasteiger partial charge in [0.1, 0.15) is 11.7 Å². The van der Waals surface area contributed by atoms with Gasteiger partial charge in [-0.25, -0.2) is 18.8 Å². The van der Waals surface area contributed by atoms with Crippen LogP contribution < -0.4 is 21.7 Å². The van der Waals surface area contributed by atoms with E-state index in [4.69, 9.17) is 5.73 Å². The standard InChI is InChI=1S/C35H38F2N6OS/c1-35(2,3)43-15-13-23-16-28(34(44)42-20-22-7-11-29(36)30(37)17-22)33(40-19-23)41-21-26-10-12-31(45-26)25-9-8-24-6-4-5-14-39-32(38)27(24)18-25/h5,7-12,14,16-19,43H,4,6,13,15,20-21H2,1-3H3,(H2,38,39)(H,40,41)(H,42,44)/b14-5-. The quantitative estimate of drug-likeness (QED) is 0.156. The van der Waals surface area contributed by atoms with E-state index < -0.39 is 11.6 Å². The summed E-state index contributed by atoms with van der Waals surface area (Å²) in [6.07, 6.45) is 8.09. The third-order valence-electron chi connectivity index (χ3n) is 7.36. The number of rotatable bonds is 10. The van der Waals surface area contributed by atoms with E-state index in [2.05, 4.69) is 77.0 Å². The highest BCUT2D eigenvalue weighted by molar-refractivity contribution is 7.15. The Labute approximate surface area is 266 Å². The zero-order valence-corrected chi connectivity index (χ0v) is 26.5. The summed E-state index contributed by atoms with van der Waals surface area (Å²) in [5.41, 5.74) is 11.2. The number of pyridine rings is 1. The van der Waals surface area contributed by atoms with E-state index in [0.29, 0.717) is 35.7 Å². The molecule has 5 rings (SSSR count). The van der Waals surface area contributed by atoms with Gasteiger partial charge in [-0.2, -0.15) is 0 Å². The molecular weight excluding hydrogens is 590 g/mol. The van der Waals surface area contributed by atoms with Crippen molar-refractivity contribution in [3.05, 3.63) is 117 Å². The number of nitrogens with two attached hydrogens (primary N) is 1. The number of amidine groups is 1. The number of nitrogens with one attached hydrogen (secondary N) is 3. The number of fused-ring (bicyclic) bond motifs is 1. The molecule has 234 valence electrons. The van der Waals surface area contributed by atoms with E-state index in [-0.39, 0.29) is 18.0 Å². The molecule has 0 spiro atoms. The van der Waals surface area contributed by atoms with Gasteiger partial charge in [-0.15, -0.1) is 11.3 Å². The Morgan fingerprint density at radius 3 is 2.64 bits per heavy atom. The zero-order chi connectivity index (χ0) is 32.0. The first-order chi connectivity index (χ1) is 21.6. The number of thiophene rings is 1. The molecule has 0 atom stereocenters. The molecule has 0 unspecified atom stereocenters. The molecule has 1 aliphatic heterocycles. The first kappa shape index (κ1) is 32.0. The van der Waals surface area contributed by atoms with Gasteiger partial charge in [-0.05, 0) is 105 Å². The topological polar surface area (TPSA) is 104 Å². The Morgan fingerprint density at radius 1 is 1.00 bits per heavy atom. The summed E-state index contributed by atoms with van der Waals surface area (Å²) >= 11 is 1.65. The summed E-state index contributed by atoms with van der Waals surface area (Å²) in [6.45, 7) is 7.53. The SMILES string of the molecule is CC(C)(C)NCCc1cnc(NCc2ccc(-c3ccc4c(c3)C(N)=N/C=C\CC4)s2)c(C(=O)NCc2ccc(F)c(F)c2)c1. The number of hydrogen-bond donors (Lipinski definition) is 4. The van der Waals surface area contributed by atoms with Crippen LogP contribution in [0.15, 0.2) is 78.1 Å². The predicted molar refractivity (Wildman–Crippen MR) is 178 cm³/mol. The molecule has 7 nitrogen and oxygen atoms in total. The summed E-state index contributed by atoms with van der Waals surface area (Å²) < 4.78 is 27.1. The second-order valence-corrected chi connectivity index (χ2v) is 13.2. The van der Waals surface area contributed by atoms with Crippen molar-refractivity contribution in [2.24, 2.45) is 10.7 Å². The lowest BCUT2D eigenvalue weighted by Crippen LogP contribution is -2.37. The molecule has 10 heteroatoms. The number of aryl methyl sites for hydroxylation is 1. The minimum Gasteiger partial charge on any atom is -0.383 e. The highest BCUT2D eigenvalue weighted by Gasteiger charge is 2.17. The largest absolute Gasteiger partial charge is 0.383 e. The van der Waals surface area contributed by atoms with E-state index in [1.165, 1.54) is 11.6 Å². The molecule has 4 aromatic rings. The van der Waals surface area contributed by atoms with Gasteiger partial charge >= 0.3 is 0 Å². The van der Waals surface area contributed by atoms with Crippen LogP contribution in [0.3, 0.4) is 0 Å². The molecule has 1 aliphatic rings. The maximum Gasteiger partial charge on any atom is 0.255 e. The van der Waals surface area contributed by atoms with Crippen molar-refractivity contribution in [1.29, 1.82) is 0 Å². The van der Waals surface area contributed by atoms with Crippen molar-refractivity contribution in [2.45, 2.75) is 58.7 Å². The molecule has 0 saturated heterocycles. The Kier molecular flexibility index (Phi) is 10.0. The van der Waals surface area contributed by atoms with Crippen molar-refractivity contribution in [3.8, 4) is 10.4 Å². The lowest BCUT2D eigenvalue weighted by Gasteiger charge is -2.20. The molecular formula is C35H38F2N6OS. The number of nitrogens with zero attached hydrogens (tertiary/aromatic N) is 2. The first-order valence-corrected chi connectivity index (χ1v) is 15.8. The highest BCUT2D eigenvalue weighted by atomic mass is 32.1. The van der Waals surface area contributed by atoms with Crippen LogP contribution in [0.4, 0.5) is 14.6 Å². The van der Waals surface area contributed by atoms with Crippen LogP contribution in [0, 0.1) is 11.6 Å². The van der Waals surface area contributed by atoms with Crippen LogP contribution >= 0.6 is 11.3 Å². The Morgan fingerprint density at radius 2 is 1.84 bits per heavy atom. The monoisotopic (exact) mass is 628 g/mol. The van der Waals surface area contributed by atoms with E-state index in [0.717, 1.165) is 58.0 Å². The van der Waals surface area contributed by atoms with Gasteiger partial charge in [0.05, 0.1) is 12.1 Å². The Balaban J connectivity index is 1.31. The number of halogens is 2. The average Bonchev–Trinajstić information content (AvgIpc) is 3.48. The summed E-state index contributed by atoms with van der Waals surface area (Å²) in [5, 5.41) is 9.61. The van der Waals surface area contributed by atoms with Crippen molar-refractivity contribution in [1.82, 2.24) is 15.6 Å². The molecule has 0 fully saturated rings. The highest BCUT2D eigenvalue weighted by Crippen LogP contribution is 2.31. The minimum absolute atomic E-state index is 0.0333. The average molecular weight is 629 g/mol. The maximum absolute atomic E-state index is 13.7. The third-order valence-corrected chi connectivity index (χ3v) is 8.49. The lowest BCUT2D eigenvalue weighted by atomic mass is 9.98. The van der Waals surface area contributed by atoms with Crippen LogP contribution in [0.5, 0.6) is 0 Å².